The molecule has 37 heavy (non-hydrogen) atoms. The number of aromatic nitrogens is 2. The summed E-state index contributed by atoms with van der Waals surface area (Å²) in [5.74, 6) is -0.238. The Morgan fingerprint density at radius 3 is 2.32 bits per heavy atom. The quantitative estimate of drug-likeness (QED) is 0.164. The first-order valence-electron chi connectivity index (χ1n) is 12.9. The lowest BCUT2D eigenvalue weighted by atomic mass is 9.81. The van der Waals surface area contributed by atoms with Gasteiger partial charge in [0.15, 0.2) is 0 Å². The van der Waals surface area contributed by atoms with Crippen LogP contribution in [0.25, 0.3) is 11.8 Å². The second-order valence-corrected chi connectivity index (χ2v) is 8.41. The molecule has 1 spiro atoms. The molecule has 1 saturated heterocycles. The molecule has 2 aromatic carbocycles. The largest absolute Gasteiger partial charge is 0.399 e. The van der Waals surface area contributed by atoms with Crippen molar-refractivity contribution in [2.24, 2.45) is 5.14 Å². The Morgan fingerprint density at radius 1 is 1.03 bits per heavy atom. The summed E-state index contributed by atoms with van der Waals surface area (Å²) in [7, 11) is 0. The van der Waals surface area contributed by atoms with E-state index < -0.39 is 0 Å². The number of hydrogen-bond acceptors (Lipinski definition) is 6. The van der Waals surface area contributed by atoms with Gasteiger partial charge >= 0.3 is 0 Å². The van der Waals surface area contributed by atoms with E-state index in [1.54, 1.807) is 18.4 Å². The summed E-state index contributed by atoms with van der Waals surface area (Å²) in [4.78, 5) is 0. The third kappa shape index (κ3) is 5.93. The Kier molecular flexibility index (Phi) is 11.8. The Hall–Kier alpha value is -2.26. The van der Waals surface area contributed by atoms with Crippen LogP contribution in [0.1, 0.15) is 63.8 Å². The number of aryl methyl sites for hydroxylation is 1. The van der Waals surface area contributed by atoms with Crippen molar-refractivity contribution in [1.29, 1.82) is 0 Å². The molecule has 1 unspecified atom stereocenters. The molecule has 3 aliphatic rings. The fourth-order valence-corrected chi connectivity index (χ4v) is 5.34. The van der Waals surface area contributed by atoms with E-state index >= 15 is 0 Å². The van der Waals surface area contributed by atoms with Crippen molar-refractivity contribution >= 4 is 37.2 Å². The highest BCUT2D eigenvalue weighted by Crippen LogP contribution is 2.67. The molecule has 2 atom stereocenters. The number of hydrogen-bond donors (Lipinski definition) is 4. The molecule has 3 aromatic rings. The molecule has 1 saturated carbocycles. The van der Waals surface area contributed by atoms with Crippen LogP contribution in [0.2, 0.25) is 0 Å². The van der Waals surface area contributed by atoms with Crippen LogP contribution in [-0.2, 0) is 17.6 Å². The first kappa shape index (κ1) is 31.0. The highest BCUT2D eigenvalue weighted by molar-refractivity contribution is 7.79. The summed E-state index contributed by atoms with van der Waals surface area (Å²) >= 11 is 6.56. The summed E-state index contributed by atoms with van der Waals surface area (Å²) in [6, 6.07) is 14.6. The van der Waals surface area contributed by atoms with Crippen molar-refractivity contribution in [1.82, 2.24) is 9.78 Å². The van der Waals surface area contributed by atoms with E-state index in [2.05, 4.69) is 47.8 Å². The molecule has 0 radical (unpaired) electrons. The molecular formula is C29H41FN4OS2. The molecule has 8 heteroatoms. The number of ether oxygens (including phenoxy) is 1. The fraction of sp³-hybridized carbons (Fsp3) is 0.414. The predicted molar refractivity (Wildman–Crippen MR) is 161 cm³/mol. The Balaban J connectivity index is 0.000000553. The zero-order valence-electron chi connectivity index (χ0n) is 22.5. The Bertz CT molecular complexity index is 1160. The van der Waals surface area contributed by atoms with E-state index in [-0.39, 0.29) is 17.0 Å². The molecule has 2 aliphatic carbocycles. The number of fused-ring (bicyclic) bond motifs is 1. The third-order valence-corrected chi connectivity index (χ3v) is 6.94. The number of para-hydroxylation sites is 1. The second-order valence-electron chi connectivity index (χ2n) is 8.41. The van der Waals surface area contributed by atoms with Crippen LogP contribution < -0.4 is 10.9 Å². The van der Waals surface area contributed by atoms with Gasteiger partial charge in [-0.05, 0) is 79.5 Å². The van der Waals surface area contributed by atoms with Crippen LogP contribution in [0.3, 0.4) is 0 Å². The Labute approximate surface area is 232 Å². The predicted octanol–water partition coefficient (Wildman–Crippen LogP) is 6.86. The first-order chi connectivity index (χ1) is 18.1. The van der Waals surface area contributed by atoms with Crippen molar-refractivity contribution in [2.75, 3.05) is 12.0 Å². The van der Waals surface area contributed by atoms with Gasteiger partial charge in [0.05, 0.1) is 17.6 Å². The minimum Gasteiger partial charge on any atom is -0.399 e. The van der Waals surface area contributed by atoms with Gasteiger partial charge in [0, 0.05) is 17.7 Å². The summed E-state index contributed by atoms with van der Waals surface area (Å²) in [6.07, 6.45) is 10.8. The molecule has 4 N–H and O–H groups in total. The number of halogens is 1. The van der Waals surface area contributed by atoms with Crippen LogP contribution in [0.4, 0.5) is 10.1 Å². The highest BCUT2D eigenvalue weighted by atomic mass is 32.1. The monoisotopic (exact) mass is 544 g/mol. The fourth-order valence-electron chi connectivity index (χ4n) is 5.34. The normalized spacial score (nSPS) is 21.4. The first-order valence-corrected chi connectivity index (χ1v) is 14.3. The van der Waals surface area contributed by atoms with Gasteiger partial charge in [0.25, 0.3) is 0 Å². The van der Waals surface area contributed by atoms with Crippen LogP contribution >= 0.6 is 25.4 Å². The summed E-state index contributed by atoms with van der Waals surface area (Å²) in [5, 5.41) is 8.77. The van der Waals surface area contributed by atoms with Crippen molar-refractivity contribution in [2.45, 2.75) is 71.0 Å². The number of thiol groups is 2. The standard InChI is InChI=1S/C24H22FN3O.2C2H6.CH4S.H3NS/c25-19-5-7-20(8-6-19)28-22-13-18-10-12-23(11-9-16-3-1-2-4-21(16)26)24(18,29-23)14-17(22)15-27-28;4*1-2/h1-8,13,15H,9-12,14,26H2;2*1-2H3;2H,1H3;2H,1H2/t23-,24?;;;;/m0..../s1. The lowest BCUT2D eigenvalue weighted by Gasteiger charge is -2.20. The molecule has 202 valence electrons. The maximum atomic E-state index is 13.3. The topological polar surface area (TPSA) is 82.4 Å². The van der Waals surface area contributed by atoms with E-state index in [4.69, 9.17) is 10.5 Å². The zero-order chi connectivity index (χ0) is 27.6. The van der Waals surface area contributed by atoms with Crippen LogP contribution in [0, 0.1) is 5.82 Å². The summed E-state index contributed by atoms with van der Waals surface area (Å²) < 4.78 is 21.7. The van der Waals surface area contributed by atoms with Crippen molar-refractivity contribution in [3.63, 3.8) is 0 Å². The molecule has 6 rings (SSSR count). The molecule has 5 nitrogen and oxygen atoms in total. The number of anilines is 1. The summed E-state index contributed by atoms with van der Waals surface area (Å²) in [5.41, 5.74) is 12.5. The van der Waals surface area contributed by atoms with Gasteiger partial charge in [-0.25, -0.2) is 9.07 Å². The number of nitrogen functional groups attached to an aromatic ring is 1. The maximum Gasteiger partial charge on any atom is 0.123 e. The molecule has 0 amide bonds. The van der Waals surface area contributed by atoms with Gasteiger partial charge in [-0.15, -0.1) is 12.8 Å². The molecule has 0 bridgehead atoms. The van der Waals surface area contributed by atoms with E-state index in [1.165, 1.54) is 28.8 Å². The smallest absolute Gasteiger partial charge is 0.123 e. The molecule has 2 fully saturated rings. The zero-order valence-corrected chi connectivity index (χ0v) is 24.3. The van der Waals surface area contributed by atoms with Gasteiger partial charge < -0.3 is 10.5 Å². The van der Waals surface area contributed by atoms with Gasteiger partial charge in [-0.3, -0.25) is 5.14 Å². The number of epoxide rings is 1. The molecule has 1 aromatic heterocycles. The minimum absolute atomic E-state index is 0.0726. The average Bonchev–Trinajstić information content (AvgIpc) is 3.23. The number of nitrogens with zero attached hydrogens (tertiary/aromatic N) is 2. The van der Waals surface area contributed by atoms with Crippen molar-refractivity contribution in [3.05, 3.63) is 82.9 Å². The molecule has 1 aliphatic heterocycles. The van der Waals surface area contributed by atoms with Crippen molar-refractivity contribution < 1.29 is 9.13 Å². The van der Waals surface area contributed by atoms with Crippen molar-refractivity contribution in [3.8, 4) is 5.69 Å². The highest BCUT2D eigenvalue weighted by Gasteiger charge is 2.74. The van der Waals surface area contributed by atoms with Gasteiger partial charge in [-0.1, -0.05) is 45.9 Å². The van der Waals surface area contributed by atoms with Gasteiger partial charge in [0.2, 0.25) is 0 Å². The van der Waals surface area contributed by atoms with Gasteiger partial charge in [-0.2, -0.15) is 17.7 Å². The minimum atomic E-state index is -0.238. The van der Waals surface area contributed by atoms with Crippen LogP contribution in [0.5, 0.6) is 0 Å². The van der Waals surface area contributed by atoms with Crippen LogP contribution in [-0.4, -0.2) is 27.2 Å². The number of rotatable bonds is 4. The lowest BCUT2D eigenvalue weighted by molar-refractivity contribution is 0.235. The van der Waals surface area contributed by atoms with E-state index in [0.717, 1.165) is 49.2 Å². The van der Waals surface area contributed by atoms with E-state index in [9.17, 15) is 4.39 Å². The van der Waals surface area contributed by atoms with E-state index in [1.807, 2.05) is 56.8 Å². The Morgan fingerprint density at radius 2 is 1.68 bits per heavy atom. The van der Waals surface area contributed by atoms with Gasteiger partial charge in [0.1, 0.15) is 17.0 Å². The average molecular weight is 545 g/mol. The maximum absolute atomic E-state index is 13.3. The molecular weight excluding hydrogens is 503 g/mol. The summed E-state index contributed by atoms with van der Waals surface area (Å²) in [6.45, 7) is 8.00. The molecule has 2 heterocycles. The number of nitrogens with two attached hydrogens (primary N) is 2. The van der Waals surface area contributed by atoms with Crippen LogP contribution in [0.15, 0.2) is 60.3 Å². The number of benzene rings is 2. The second kappa shape index (κ2) is 14.0. The SMILES string of the molecule is CC.CC.CS.NS.Nc1ccccc1CC[C@]12CCC3=Cc4c(cnn4-c4ccc(F)cc4)CC31O2. The lowest BCUT2D eigenvalue weighted by Crippen LogP contribution is -2.27. The van der Waals surface area contributed by atoms with E-state index in [0.29, 0.717) is 0 Å². The third-order valence-electron chi connectivity index (χ3n) is 6.94.